The van der Waals surface area contributed by atoms with E-state index in [9.17, 15) is 26.4 Å². The lowest BCUT2D eigenvalue weighted by Crippen LogP contribution is -2.28. The third kappa shape index (κ3) is 8.55. The maximum atomic E-state index is 13.0. The number of carbonyl (C=O) groups is 1. The molecule has 1 aromatic heterocycles. The molecule has 0 aliphatic heterocycles. The zero-order valence-electron chi connectivity index (χ0n) is 19.6. The first-order valence-corrected chi connectivity index (χ1v) is 12.6. The fraction of sp³-hybridized carbons (Fsp3) is 0.391. The van der Waals surface area contributed by atoms with Crippen molar-refractivity contribution in [1.82, 2.24) is 4.90 Å². The van der Waals surface area contributed by atoms with Gasteiger partial charge in [0.05, 0.1) is 4.90 Å². The number of esters is 1. The average Bonchev–Trinajstić information content (AvgIpc) is 3.28. The van der Waals surface area contributed by atoms with Crippen LogP contribution in [-0.2, 0) is 19.4 Å². The van der Waals surface area contributed by atoms with Crippen LogP contribution < -0.4 is 5.73 Å². The fourth-order valence-corrected chi connectivity index (χ4v) is 3.63. The van der Waals surface area contributed by atoms with Gasteiger partial charge in [-0.05, 0) is 43.4 Å². The van der Waals surface area contributed by atoms with E-state index in [0.717, 1.165) is 19.3 Å². The van der Waals surface area contributed by atoms with Gasteiger partial charge in [-0.1, -0.05) is 26.0 Å². The Balaban J connectivity index is 2.29. The molecule has 2 aromatic rings. The van der Waals surface area contributed by atoms with Crippen molar-refractivity contribution < 1.29 is 35.5 Å². The number of furan rings is 1. The predicted octanol–water partition coefficient (Wildman–Crippen LogP) is 3.43. The molecule has 0 unspecified atom stereocenters. The summed E-state index contributed by atoms with van der Waals surface area (Å²) in [6.45, 7) is 5.59. The molecule has 192 valence electrons. The molecule has 1 aromatic carbocycles. The highest BCUT2D eigenvalue weighted by Crippen LogP contribution is 2.27. The van der Waals surface area contributed by atoms with Crippen LogP contribution in [0.1, 0.15) is 19.6 Å². The minimum absolute atomic E-state index is 0.0514. The lowest BCUT2D eigenvalue weighted by molar-refractivity contribution is -0.142. The first kappa shape index (κ1) is 28.1. The maximum Gasteiger partial charge on any atom is 0.430 e. The van der Waals surface area contributed by atoms with Crippen molar-refractivity contribution >= 4 is 21.5 Å². The third-order valence-electron chi connectivity index (χ3n) is 4.97. The normalized spacial score (nSPS) is 13.3. The molecule has 0 atom stereocenters. The summed E-state index contributed by atoms with van der Waals surface area (Å²) in [5.74, 6) is -0.617. The van der Waals surface area contributed by atoms with Crippen LogP contribution in [0.3, 0.4) is 0 Å². The van der Waals surface area contributed by atoms with Crippen LogP contribution in [-0.4, -0.2) is 70.2 Å². The molecular formula is C23H28F3N3O5S. The lowest BCUT2D eigenvalue weighted by atomic mass is 10.2. The van der Waals surface area contributed by atoms with Crippen molar-refractivity contribution in [3.05, 3.63) is 53.9 Å². The number of ether oxygens (including phenoxy) is 1. The van der Waals surface area contributed by atoms with Crippen molar-refractivity contribution in [3.8, 4) is 11.3 Å². The summed E-state index contributed by atoms with van der Waals surface area (Å²) in [5.41, 5.74) is 3.80. The van der Waals surface area contributed by atoms with Crippen LogP contribution in [0, 0.1) is 0 Å². The molecule has 2 rings (SSSR count). The molecule has 8 nitrogen and oxygen atoms in total. The van der Waals surface area contributed by atoms with E-state index >= 15 is 0 Å². The summed E-state index contributed by atoms with van der Waals surface area (Å²) < 4.78 is 73.5. The highest BCUT2D eigenvalue weighted by molar-refractivity contribution is 7.90. The summed E-state index contributed by atoms with van der Waals surface area (Å²) in [4.78, 5) is 18.1. The van der Waals surface area contributed by atoms with Gasteiger partial charge in [-0.15, -0.1) is 0 Å². The standard InChI is InChI=1S/C23H28F3N3O5S/c1-4-29(5-2)11-12-33-22(30)15-28-18(14-21(27)23(24,25)26)20-10-9-19(34-20)16-7-6-8-17(13-16)35(3,31)32/h6-10,13-14H,4-5,11-12,15,27H2,1-3H3/b21-14-,28-18?. The Hall–Kier alpha value is -3.12. The van der Waals surface area contributed by atoms with Gasteiger partial charge in [0, 0.05) is 18.4 Å². The number of rotatable bonds is 11. The van der Waals surface area contributed by atoms with E-state index in [1.807, 2.05) is 18.7 Å². The second kappa shape index (κ2) is 12.0. The number of halogens is 3. The van der Waals surface area contributed by atoms with Crippen LogP contribution in [0.2, 0.25) is 0 Å². The molecule has 0 spiro atoms. The first-order chi connectivity index (χ1) is 16.3. The second-order valence-corrected chi connectivity index (χ2v) is 9.53. The Bertz CT molecular complexity index is 1180. The number of sulfone groups is 1. The molecule has 0 aliphatic carbocycles. The van der Waals surface area contributed by atoms with Crippen LogP contribution in [0.25, 0.3) is 11.3 Å². The van der Waals surface area contributed by atoms with E-state index in [4.69, 9.17) is 14.9 Å². The van der Waals surface area contributed by atoms with E-state index in [0.29, 0.717) is 18.2 Å². The highest BCUT2D eigenvalue weighted by atomic mass is 32.2. The number of likely N-dealkylation sites (N-methyl/N-ethyl adjacent to an activating group) is 1. The zero-order chi connectivity index (χ0) is 26.2. The van der Waals surface area contributed by atoms with Gasteiger partial charge in [0.1, 0.15) is 30.3 Å². The summed E-state index contributed by atoms with van der Waals surface area (Å²) in [6, 6.07) is 8.69. The van der Waals surface area contributed by atoms with E-state index in [1.54, 1.807) is 6.07 Å². The molecule has 0 aliphatic rings. The quantitative estimate of drug-likeness (QED) is 0.360. The monoisotopic (exact) mass is 515 g/mol. The van der Waals surface area contributed by atoms with E-state index in [1.165, 1.54) is 30.3 Å². The van der Waals surface area contributed by atoms with Gasteiger partial charge >= 0.3 is 12.1 Å². The number of nitrogens with two attached hydrogens (primary N) is 1. The Labute approximate surface area is 202 Å². The summed E-state index contributed by atoms with van der Waals surface area (Å²) in [5, 5.41) is 0. The molecule has 0 saturated heterocycles. The van der Waals surface area contributed by atoms with Gasteiger partial charge in [0.25, 0.3) is 0 Å². The average molecular weight is 516 g/mol. The molecule has 0 radical (unpaired) electrons. The van der Waals surface area contributed by atoms with Crippen molar-refractivity contribution in [3.63, 3.8) is 0 Å². The van der Waals surface area contributed by atoms with Crippen LogP contribution in [0.4, 0.5) is 13.2 Å². The van der Waals surface area contributed by atoms with Gasteiger partial charge in [0.15, 0.2) is 15.6 Å². The number of hydrogen-bond donors (Lipinski definition) is 1. The highest BCUT2D eigenvalue weighted by Gasteiger charge is 2.32. The predicted molar refractivity (Wildman–Crippen MR) is 126 cm³/mol. The third-order valence-corrected chi connectivity index (χ3v) is 6.08. The number of allylic oxidation sites excluding steroid dienone is 2. The van der Waals surface area contributed by atoms with E-state index in [-0.39, 0.29) is 28.7 Å². The minimum Gasteiger partial charge on any atom is -0.463 e. The number of aliphatic imine (C=N–C) groups is 1. The molecule has 0 fully saturated rings. The molecule has 35 heavy (non-hydrogen) atoms. The first-order valence-electron chi connectivity index (χ1n) is 10.7. The number of carbonyl (C=O) groups excluding carboxylic acids is 1. The number of hydrogen-bond acceptors (Lipinski definition) is 8. The largest absolute Gasteiger partial charge is 0.463 e. The van der Waals surface area contributed by atoms with E-state index < -0.39 is 34.2 Å². The van der Waals surface area contributed by atoms with Crippen LogP contribution in [0.15, 0.2) is 62.5 Å². The lowest BCUT2D eigenvalue weighted by Gasteiger charge is -2.17. The number of benzene rings is 1. The Morgan fingerprint density at radius 1 is 1.20 bits per heavy atom. The fourth-order valence-electron chi connectivity index (χ4n) is 2.96. The number of nitrogens with zero attached hydrogens (tertiary/aromatic N) is 2. The van der Waals surface area contributed by atoms with Gasteiger partial charge in [0.2, 0.25) is 0 Å². The molecule has 2 N–H and O–H groups in total. The Kier molecular flexibility index (Phi) is 9.66. The topological polar surface area (TPSA) is 115 Å². The Morgan fingerprint density at radius 3 is 2.49 bits per heavy atom. The molecule has 0 bridgehead atoms. The molecular weight excluding hydrogens is 487 g/mol. The number of alkyl halides is 3. The van der Waals surface area contributed by atoms with Crippen molar-refractivity contribution in [2.24, 2.45) is 10.7 Å². The van der Waals surface area contributed by atoms with Crippen LogP contribution >= 0.6 is 0 Å². The SMILES string of the molecule is CCN(CC)CCOC(=O)CN=C(/C=C(\N)C(F)(F)F)c1ccc(-c2cccc(S(C)(=O)=O)c2)o1. The molecule has 0 saturated carbocycles. The van der Waals surface area contributed by atoms with Crippen molar-refractivity contribution in [2.45, 2.75) is 24.9 Å². The van der Waals surface area contributed by atoms with Gasteiger partial charge < -0.3 is 19.8 Å². The second-order valence-electron chi connectivity index (χ2n) is 7.51. The van der Waals surface area contributed by atoms with Gasteiger partial charge in [-0.3, -0.25) is 9.79 Å². The Morgan fingerprint density at radius 2 is 1.89 bits per heavy atom. The minimum atomic E-state index is -4.82. The van der Waals surface area contributed by atoms with E-state index in [2.05, 4.69) is 4.99 Å². The summed E-state index contributed by atoms with van der Waals surface area (Å²) in [7, 11) is -3.48. The molecule has 0 amide bonds. The van der Waals surface area contributed by atoms with Crippen molar-refractivity contribution in [1.29, 1.82) is 0 Å². The van der Waals surface area contributed by atoms with Crippen LogP contribution in [0.5, 0.6) is 0 Å². The molecule has 1 heterocycles. The van der Waals surface area contributed by atoms with Gasteiger partial charge in [-0.25, -0.2) is 8.42 Å². The summed E-state index contributed by atoms with van der Waals surface area (Å²) >= 11 is 0. The van der Waals surface area contributed by atoms with Gasteiger partial charge in [-0.2, -0.15) is 13.2 Å². The zero-order valence-corrected chi connectivity index (χ0v) is 20.4. The molecule has 12 heteroatoms. The smallest absolute Gasteiger partial charge is 0.430 e. The maximum absolute atomic E-state index is 13.0. The summed E-state index contributed by atoms with van der Waals surface area (Å²) in [6.07, 6.45) is -3.20. The van der Waals surface area contributed by atoms with Crippen molar-refractivity contribution in [2.75, 3.05) is 39.0 Å².